The third-order valence-electron chi connectivity index (χ3n) is 4.38. The van der Waals surface area contributed by atoms with Crippen LogP contribution >= 0.6 is 0 Å². The minimum absolute atomic E-state index is 0.0808. The number of hydrogen-bond acceptors (Lipinski definition) is 4. The monoisotopic (exact) mass is 315 g/mol. The minimum atomic E-state index is -3.86. The number of carboxylic acids is 1. The number of carboxylic acid groups (broad SMARTS) is 1. The molecule has 1 saturated carbocycles. The van der Waals surface area contributed by atoms with Crippen molar-refractivity contribution < 1.29 is 18.3 Å². The van der Waals surface area contributed by atoms with Crippen LogP contribution in [-0.2, 0) is 10.0 Å². The van der Waals surface area contributed by atoms with Crippen molar-refractivity contribution in [2.75, 3.05) is 7.05 Å². The van der Waals surface area contributed by atoms with Crippen molar-refractivity contribution in [1.82, 2.24) is 14.5 Å². The van der Waals surface area contributed by atoms with Crippen LogP contribution in [0.15, 0.2) is 11.2 Å². The highest BCUT2D eigenvalue weighted by molar-refractivity contribution is 7.89. The third kappa shape index (κ3) is 3.11. The van der Waals surface area contributed by atoms with Crippen molar-refractivity contribution >= 4 is 16.0 Å². The topological polar surface area (TPSA) is 103 Å². The van der Waals surface area contributed by atoms with Crippen LogP contribution in [0, 0.1) is 5.92 Å². The zero-order valence-corrected chi connectivity index (χ0v) is 13.1. The Morgan fingerprint density at radius 2 is 2.05 bits per heavy atom. The summed E-state index contributed by atoms with van der Waals surface area (Å²) in [6.07, 6.45) is 5.78. The molecule has 2 rings (SSSR count). The molecule has 8 heteroatoms. The molecule has 118 valence electrons. The molecule has 0 spiro atoms. The molecular weight excluding hydrogens is 294 g/mol. The highest BCUT2D eigenvalue weighted by Gasteiger charge is 2.34. The number of H-pyrrole nitrogens is 1. The Kier molecular flexibility index (Phi) is 4.67. The number of nitrogens with one attached hydrogen (secondary N) is 1. The van der Waals surface area contributed by atoms with Gasteiger partial charge < -0.3 is 5.11 Å². The summed E-state index contributed by atoms with van der Waals surface area (Å²) in [6.45, 7) is 2.15. The molecule has 1 aliphatic carbocycles. The van der Waals surface area contributed by atoms with E-state index < -0.39 is 16.0 Å². The van der Waals surface area contributed by atoms with Gasteiger partial charge in [0.2, 0.25) is 0 Å². The summed E-state index contributed by atoms with van der Waals surface area (Å²) in [5.74, 6) is -0.635. The van der Waals surface area contributed by atoms with Crippen molar-refractivity contribution in [3.05, 3.63) is 11.8 Å². The summed E-state index contributed by atoms with van der Waals surface area (Å²) in [5.41, 5.74) is -0.316. The Hall–Kier alpha value is -1.41. The van der Waals surface area contributed by atoms with Gasteiger partial charge in [-0.2, -0.15) is 9.40 Å². The summed E-state index contributed by atoms with van der Waals surface area (Å²) in [6, 6.07) is -0.0808. The Bertz CT molecular complexity index is 603. The van der Waals surface area contributed by atoms with Crippen molar-refractivity contribution in [3.8, 4) is 0 Å². The van der Waals surface area contributed by atoms with E-state index in [1.54, 1.807) is 0 Å². The van der Waals surface area contributed by atoms with Crippen LogP contribution in [-0.4, -0.2) is 47.1 Å². The first-order valence-corrected chi connectivity index (χ1v) is 8.56. The molecule has 1 aromatic heterocycles. The van der Waals surface area contributed by atoms with Crippen LogP contribution in [0.5, 0.6) is 0 Å². The summed E-state index contributed by atoms with van der Waals surface area (Å²) in [7, 11) is -2.35. The molecule has 2 N–H and O–H groups in total. The van der Waals surface area contributed by atoms with Gasteiger partial charge in [-0.3, -0.25) is 5.10 Å². The van der Waals surface area contributed by atoms with Gasteiger partial charge in [-0.15, -0.1) is 0 Å². The Morgan fingerprint density at radius 3 is 2.57 bits per heavy atom. The van der Waals surface area contributed by atoms with Gasteiger partial charge in [-0.25, -0.2) is 13.2 Å². The van der Waals surface area contributed by atoms with E-state index in [0.717, 1.165) is 38.3 Å². The average molecular weight is 315 g/mol. The second kappa shape index (κ2) is 6.15. The SMILES string of the molecule is CCC1CCC(N(C)S(=O)(=O)c2[nH]ncc2C(=O)O)CC1. The molecule has 0 amide bonds. The van der Waals surface area contributed by atoms with Gasteiger partial charge in [-0.05, 0) is 31.6 Å². The molecule has 1 fully saturated rings. The van der Waals surface area contributed by atoms with E-state index >= 15 is 0 Å². The quantitative estimate of drug-likeness (QED) is 0.860. The summed E-state index contributed by atoms with van der Waals surface area (Å²) >= 11 is 0. The predicted octanol–water partition coefficient (Wildman–Crippen LogP) is 1.70. The van der Waals surface area contributed by atoms with E-state index in [1.165, 1.54) is 11.4 Å². The molecule has 1 aliphatic rings. The Morgan fingerprint density at radius 1 is 1.43 bits per heavy atom. The van der Waals surface area contributed by atoms with Gasteiger partial charge in [0.25, 0.3) is 10.0 Å². The lowest BCUT2D eigenvalue weighted by Gasteiger charge is -2.33. The van der Waals surface area contributed by atoms with Gasteiger partial charge in [-0.1, -0.05) is 13.3 Å². The molecule has 0 unspecified atom stereocenters. The van der Waals surface area contributed by atoms with Crippen molar-refractivity contribution in [2.45, 2.75) is 50.1 Å². The molecule has 1 aromatic rings. The smallest absolute Gasteiger partial charge is 0.340 e. The number of aromatic carboxylic acids is 1. The number of hydrogen-bond donors (Lipinski definition) is 2. The van der Waals surface area contributed by atoms with Crippen LogP contribution in [0.2, 0.25) is 0 Å². The molecule has 1 heterocycles. The van der Waals surface area contributed by atoms with Gasteiger partial charge >= 0.3 is 5.97 Å². The highest BCUT2D eigenvalue weighted by atomic mass is 32.2. The second-order valence-corrected chi connectivity index (χ2v) is 7.46. The molecule has 21 heavy (non-hydrogen) atoms. The molecular formula is C13H21N3O4S. The predicted molar refractivity (Wildman–Crippen MR) is 76.5 cm³/mol. The largest absolute Gasteiger partial charge is 0.478 e. The van der Waals surface area contributed by atoms with Crippen LogP contribution < -0.4 is 0 Å². The lowest BCUT2D eigenvalue weighted by atomic mass is 9.85. The molecule has 7 nitrogen and oxygen atoms in total. The number of aromatic amines is 1. The first-order valence-electron chi connectivity index (χ1n) is 7.12. The first kappa shape index (κ1) is 16.0. The summed E-state index contributed by atoms with van der Waals surface area (Å²) < 4.78 is 26.4. The van der Waals surface area contributed by atoms with Crippen LogP contribution in [0.1, 0.15) is 49.4 Å². The maximum atomic E-state index is 12.6. The Labute approximate surface area is 124 Å². The van der Waals surface area contributed by atoms with Crippen molar-refractivity contribution in [1.29, 1.82) is 0 Å². The van der Waals surface area contributed by atoms with E-state index in [-0.39, 0.29) is 16.6 Å². The van der Waals surface area contributed by atoms with E-state index in [0.29, 0.717) is 5.92 Å². The molecule has 0 bridgehead atoms. The third-order valence-corrected chi connectivity index (χ3v) is 6.26. The van der Waals surface area contributed by atoms with Gasteiger partial charge in [0.05, 0.1) is 6.20 Å². The van der Waals surface area contributed by atoms with Crippen LogP contribution in [0.4, 0.5) is 0 Å². The highest BCUT2D eigenvalue weighted by Crippen LogP contribution is 2.31. The van der Waals surface area contributed by atoms with E-state index in [1.807, 2.05) is 0 Å². The fourth-order valence-corrected chi connectivity index (χ4v) is 4.36. The lowest BCUT2D eigenvalue weighted by Crippen LogP contribution is -2.40. The van der Waals surface area contributed by atoms with Crippen molar-refractivity contribution in [3.63, 3.8) is 0 Å². The lowest BCUT2D eigenvalue weighted by molar-refractivity contribution is 0.0692. The Balaban J connectivity index is 2.19. The molecule has 0 atom stereocenters. The van der Waals surface area contributed by atoms with Gasteiger partial charge in [0.15, 0.2) is 5.03 Å². The first-order chi connectivity index (χ1) is 9.87. The number of rotatable bonds is 5. The number of sulfonamides is 1. The van der Waals surface area contributed by atoms with Crippen LogP contribution in [0.3, 0.4) is 0 Å². The van der Waals surface area contributed by atoms with Crippen LogP contribution in [0.25, 0.3) is 0 Å². The second-order valence-electron chi connectivity index (χ2n) is 5.52. The van der Waals surface area contributed by atoms with E-state index in [4.69, 9.17) is 5.11 Å². The summed E-state index contributed by atoms with van der Waals surface area (Å²) in [4.78, 5) is 11.1. The maximum absolute atomic E-state index is 12.6. The number of aromatic nitrogens is 2. The standard InChI is InChI=1S/C13H21N3O4S/c1-3-9-4-6-10(7-5-9)16(2)21(19,20)12-11(13(17)18)8-14-15-12/h8-10H,3-7H2,1-2H3,(H,14,15)(H,17,18). The summed E-state index contributed by atoms with van der Waals surface area (Å²) in [5, 5.41) is 14.6. The maximum Gasteiger partial charge on any atom is 0.340 e. The molecule has 0 saturated heterocycles. The molecule has 0 aromatic carbocycles. The normalized spacial score (nSPS) is 23.4. The zero-order valence-electron chi connectivity index (χ0n) is 12.2. The van der Waals surface area contributed by atoms with E-state index in [2.05, 4.69) is 17.1 Å². The van der Waals surface area contributed by atoms with Crippen molar-refractivity contribution in [2.24, 2.45) is 5.92 Å². The van der Waals surface area contributed by atoms with E-state index in [9.17, 15) is 13.2 Å². The van der Waals surface area contributed by atoms with Gasteiger partial charge in [0.1, 0.15) is 5.56 Å². The average Bonchev–Trinajstić information content (AvgIpc) is 2.97. The molecule has 0 radical (unpaired) electrons. The van der Waals surface area contributed by atoms with Gasteiger partial charge in [0, 0.05) is 13.1 Å². The zero-order chi connectivity index (χ0) is 15.6. The number of carbonyl (C=O) groups is 1. The number of nitrogens with zero attached hydrogens (tertiary/aromatic N) is 2. The fraction of sp³-hybridized carbons (Fsp3) is 0.692. The minimum Gasteiger partial charge on any atom is -0.478 e. The fourth-order valence-electron chi connectivity index (χ4n) is 2.88. The molecule has 0 aliphatic heterocycles.